The Bertz CT molecular complexity index is 1630. The van der Waals surface area contributed by atoms with Gasteiger partial charge in [0.2, 0.25) is 0 Å². The number of nitrogens with zero attached hydrogens (tertiary/aromatic N) is 1. The molecule has 0 aromatic rings. The van der Waals surface area contributed by atoms with Gasteiger partial charge in [-0.25, -0.2) is 0 Å². The normalized spacial score (nSPS) is 42.8. The van der Waals surface area contributed by atoms with Crippen LogP contribution in [0.15, 0.2) is 12.2 Å². The number of imide groups is 1. The number of methoxy groups -OCH3 is 1. The van der Waals surface area contributed by atoms with E-state index in [0.717, 1.165) is 23.3 Å². The summed E-state index contributed by atoms with van der Waals surface area (Å²) in [5, 5.41) is 63.4. The Hall–Kier alpha value is -3.24. The van der Waals surface area contributed by atoms with Crippen LogP contribution in [0.5, 0.6) is 0 Å². The van der Waals surface area contributed by atoms with Gasteiger partial charge >= 0.3 is 5.96 Å². The molecule has 0 spiro atoms. The number of aliphatic hydroxyl groups is 5. The summed E-state index contributed by atoms with van der Waals surface area (Å²) in [4.78, 5) is 70.2. The van der Waals surface area contributed by atoms with E-state index in [9.17, 15) is 49.5 Å². The van der Waals surface area contributed by atoms with Crippen LogP contribution in [0, 0.1) is 53.3 Å². The zero-order valence-electron chi connectivity index (χ0n) is 34.7. The van der Waals surface area contributed by atoms with Gasteiger partial charge in [0.25, 0.3) is 11.8 Å². The van der Waals surface area contributed by atoms with Crippen LogP contribution in [0.1, 0.15) is 58.3 Å². The van der Waals surface area contributed by atoms with Gasteiger partial charge in [-0.1, -0.05) is 13.3 Å². The number of carbonyl (C=O) groups excluding carboxylic acids is 5. The van der Waals surface area contributed by atoms with Crippen molar-refractivity contribution in [2.24, 2.45) is 64.7 Å². The maximum absolute atomic E-state index is 14.9. The van der Waals surface area contributed by atoms with Crippen LogP contribution in [-0.2, 0) is 38.2 Å². The first-order valence-electron chi connectivity index (χ1n) is 21.5. The van der Waals surface area contributed by atoms with E-state index in [1.807, 2.05) is 12.2 Å². The molecule has 336 valence electrons. The average Bonchev–Trinajstić information content (AvgIpc) is 3.55. The van der Waals surface area contributed by atoms with Crippen LogP contribution in [0.25, 0.3) is 0 Å². The Morgan fingerprint density at radius 3 is 2.40 bits per heavy atom. The Labute approximate surface area is 349 Å². The number of ketones is 2. The highest BCUT2D eigenvalue weighted by atomic mass is 16.7. The third-order valence-corrected chi connectivity index (χ3v) is 14.8. The molecule has 5 fully saturated rings. The van der Waals surface area contributed by atoms with E-state index in [-0.39, 0.29) is 74.3 Å². The van der Waals surface area contributed by atoms with Crippen LogP contribution in [0.4, 0.5) is 0 Å². The monoisotopic (exact) mass is 850 g/mol. The molecule has 60 heavy (non-hydrogen) atoms. The molecule has 12 unspecified atom stereocenters. The fourth-order valence-corrected chi connectivity index (χ4v) is 11.6. The Balaban J connectivity index is 1.27. The van der Waals surface area contributed by atoms with Gasteiger partial charge in [0, 0.05) is 62.8 Å². The molecular weight excluding hydrogens is 784 g/mol. The maximum atomic E-state index is 14.9. The smallest absolute Gasteiger partial charge is 0.340 e. The van der Waals surface area contributed by atoms with Crippen molar-refractivity contribution in [3.8, 4) is 0 Å². The van der Waals surface area contributed by atoms with E-state index >= 15 is 0 Å². The molecule has 2 amide bonds. The molecule has 13 N–H and O–H groups in total. The number of carbonyl (C=O) groups is 5. The number of amides is 2. The zero-order chi connectivity index (χ0) is 43.6. The topological polar surface area (TPSA) is 312 Å². The Kier molecular flexibility index (Phi) is 15.0. The second kappa shape index (κ2) is 19.4. The zero-order valence-corrected chi connectivity index (χ0v) is 34.7. The van der Waals surface area contributed by atoms with Crippen molar-refractivity contribution in [2.75, 3.05) is 40.4 Å². The highest BCUT2D eigenvalue weighted by Crippen LogP contribution is 2.53. The number of guanidine groups is 1. The molecule has 18 atom stereocenters. The molecule has 3 saturated carbocycles. The first-order valence-corrected chi connectivity index (χ1v) is 21.5. The summed E-state index contributed by atoms with van der Waals surface area (Å²) in [5.74, 6) is -7.28. The number of quaternary nitrogens is 1. The summed E-state index contributed by atoms with van der Waals surface area (Å²) in [7, 11) is 3.13. The lowest BCUT2D eigenvalue weighted by molar-refractivity contribution is -0.699. The number of aliphatic hydroxyl groups excluding tert-OH is 4. The number of nitrogens with two attached hydrogens (primary N) is 3. The lowest BCUT2D eigenvalue weighted by atomic mass is 9.51. The van der Waals surface area contributed by atoms with E-state index in [1.54, 1.807) is 7.05 Å². The largest absolute Gasteiger partial charge is 0.394 e. The van der Waals surface area contributed by atoms with Gasteiger partial charge < -0.3 is 49.9 Å². The summed E-state index contributed by atoms with van der Waals surface area (Å²) < 4.78 is 18.5. The number of fused-ring (bicyclic) bond motifs is 2. The van der Waals surface area contributed by atoms with Crippen molar-refractivity contribution < 1.29 is 74.0 Å². The number of aldehydes is 1. The number of piperidine rings is 1. The van der Waals surface area contributed by atoms with Crippen molar-refractivity contribution in [1.82, 2.24) is 10.2 Å². The van der Waals surface area contributed by atoms with Crippen LogP contribution >= 0.6 is 0 Å². The van der Waals surface area contributed by atoms with Crippen LogP contribution in [0.3, 0.4) is 0 Å². The summed E-state index contributed by atoms with van der Waals surface area (Å²) in [6.07, 6.45) is -4.95. The van der Waals surface area contributed by atoms with E-state index in [4.69, 9.17) is 25.7 Å². The first kappa shape index (κ1) is 46.3. The molecule has 3 aliphatic heterocycles. The lowest BCUT2D eigenvalue weighted by Crippen LogP contribution is -2.94. The first-order chi connectivity index (χ1) is 28.6. The standard InChI is InChI=1S/C41H64N6O13/c1-4-22-25(58-3)14-26(33-31(22)34(52)23-12-20(6-5-11-48)24(16-46-40(43)44-2)35(53)32(23)36(33)54)59-39-37(55)38(56)41(57,27(18-49)60-39)15-21(19-9-10-45-28(42)13-19)17-47-29(50)7-8-30(47)51/h7-8,11,19-28,31-33,35,37-39,45,49,53,55-57H,4-6,9-10,12-18,42H2,1-3H3,(H3,43,44,46)/p+2/t19?,20?,21-,22?,23?,24?,25?,26?,27-,28?,31?,32?,33?,35?,37-,38-,39+,41-/m1/s1. The highest BCUT2D eigenvalue weighted by Gasteiger charge is 2.64. The lowest BCUT2D eigenvalue weighted by Gasteiger charge is -2.55. The molecule has 3 heterocycles. The minimum absolute atomic E-state index is 0.0902. The number of hydrogen-bond donors (Lipinski definition) is 10. The average molecular weight is 851 g/mol. The van der Waals surface area contributed by atoms with Crippen molar-refractivity contribution in [3.05, 3.63) is 12.2 Å². The van der Waals surface area contributed by atoms with Gasteiger partial charge in [0.15, 0.2) is 6.29 Å². The molecule has 0 radical (unpaired) electrons. The SMILES string of the molecule is CCC1C(OC)CC(O[C@H]2O[C@H](CO)[C@](O)(C[C@H](CN3C(=O)C=CC3=O)C3CC[NH2+]C(N)C3)[C@H](O)[C@H]2O)C2C(=O)C3C(CC(CCC=O)C(CNC(N)=[NH+]C)C3O)C(=O)C12. The fraction of sp³-hybridized carbons (Fsp3) is 0.805. The second-order valence-corrected chi connectivity index (χ2v) is 17.8. The number of ether oxygens (including phenoxy) is 3. The quantitative estimate of drug-likeness (QED) is 0.0318. The minimum atomic E-state index is -2.30. The number of Topliss-reactive ketones (excluding diaryl/α,β-unsaturated/α-hetero) is 2. The Morgan fingerprint density at radius 2 is 1.78 bits per heavy atom. The summed E-state index contributed by atoms with van der Waals surface area (Å²) in [6, 6.07) is 0. The third kappa shape index (κ3) is 8.85. The molecule has 2 saturated heterocycles. The molecule has 19 nitrogen and oxygen atoms in total. The van der Waals surface area contributed by atoms with Gasteiger partial charge in [-0.05, 0) is 49.4 Å². The predicted octanol–water partition coefficient (Wildman–Crippen LogP) is -5.62. The highest BCUT2D eigenvalue weighted by molar-refractivity contribution is 6.12. The van der Waals surface area contributed by atoms with Crippen LogP contribution < -0.4 is 27.1 Å². The predicted molar refractivity (Wildman–Crippen MR) is 209 cm³/mol. The molecule has 6 aliphatic rings. The molecule has 19 heteroatoms. The molecule has 6 rings (SSSR count). The minimum Gasteiger partial charge on any atom is -0.394 e. The van der Waals surface area contributed by atoms with Crippen molar-refractivity contribution >= 4 is 35.6 Å². The maximum Gasteiger partial charge on any atom is 0.340 e. The van der Waals surface area contributed by atoms with E-state index < -0.39 is 108 Å². The molecule has 0 aromatic heterocycles. The number of nitrogens with one attached hydrogen (secondary N) is 2. The molecule has 0 bridgehead atoms. The van der Waals surface area contributed by atoms with Crippen molar-refractivity contribution in [1.29, 1.82) is 0 Å². The van der Waals surface area contributed by atoms with Gasteiger partial charge in [-0.2, -0.15) is 0 Å². The van der Waals surface area contributed by atoms with Crippen molar-refractivity contribution in [3.63, 3.8) is 0 Å². The van der Waals surface area contributed by atoms with Gasteiger partial charge in [-0.3, -0.25) is 45.9 Å². The van der Waals surface area contributed by atoms with Crippen LogP contribution in [0.2, 0.25) is 0 Å². The molecule has 3 aliphatic carbocycles. The fourth-order valence-electron chi connectivity index (χ4n) is 11.6. The van der Waals surface area contributed by atoms with Gasteiger partial charge in [0.1, 0.15) is 47.9 Å². The van der Waals surface area contributed by atoms with Gasteiger partial charge in [-0.15, -0.1) is 0 Å². The third-order valence-electron chi connectivity index (χ3n) is 14.8. The number of rotatable bonds is 15. The number of hydrogen-bond acceptors (Lipinski definition) is 14. The van der Waals surface area contributed by atoms with E-state index in [1.165, 1.54) is 7.11 Å². The van der Waals surface area contributed by atoms with Crippen molar-refractivity contribution in [2.45, 2.75) is 113 Å². The van der Waals surface area contributed by atoms with Crippen LogP contribution in [-0.4, -0.2) is 161 Å². The van der Waals surface area contributed by atoms with E-state index in [0.29, 0.717) is 32.2 Å². The van der Waals surface area contributed by atoms with E-state index in [2.05, 4.69) is 10.3 Å². The Morgan fingerprint density at radius 1 is 1.07 bits per heavy atom. The molecule has 0 aromatic carbocycles. The molecular formula is C41H66N6O13+2. The summed E-state index contributed by atoms with van der Waals surface area (Å²) >= 11 is 0. The summed E-state index contributed by atoms with van der Waals surface area (Å²) in [6.45, 7) is 1.80. The summed E-state index contributed by atoms with van der Waals surface area (Å²) in [5.41, 5.74) is 9.94. The van der Waals surface area contributed by atoms with Gasteiger partial charge in [0.05, 0.1) is 56.9 Å². The second-order valence-electron chi connectivity index (χ2n) is 17.8.